The Morgan fingerprint density at radius 2 is 2.15 bits per heavy atom. The summed E-state index contributed by atoms with van der Waals surface area (Å²) >= 11 is 7.02. The van der Waals surface area contributed by atoms with Gasteiger partial charge in [-0.3, -0.25) is 10.1 Å². The zero-order chi connectivity index (χ0) is 14.7. The number of non-ortho nitro benzene ring substituents is 1. The van der Waals surface area contributed by atoms with Crippen LogP contribution in [0.25, 0.3) is 0 Å². The molecule has 2 rings (SSSR count). The van der Waals surface area contributed by atoms with E-state index in [0.29, 0.717) is 5.16 Å². The average molecular weight is 316 g/mol. The zero-order valence-corrected chi connectivity index (χ0v) is 11.6. The largest absolute Gasteiger partial charge is 0.436 e. The lowest BCUT2D eigenvalue weighted by atomic mass is 10.3. The molecule has 0 saturated carbocycles. The quantitative estimate of drug-likeness (QED) is 0.281. The maximum atomic E-state index is 13.7. The molecule has 0 saturated heterocycles. The van der Waals surface area contributed by atoms with E-state index in [2.05, 4.69) is 9.97 Å². The molecule has 0 aliphatic carbocycles. The molecule has 0 fully saturated rings. The summed E-state index contributed by atoms with van der Waals surface area (Å²) in [6.07, 6.45) is 1.75. The molecule has 0 unspecified atom stereocenters. The van der Waals surface area contributed by atoms with Gasteiger partial charge >= 0.3 is 0 Å². The summed E-state index contributed by atoms with van der Waals surface area (Å²) in [5.74, 6) is -0.987. The molecule has 9 heteroatoms. The minimum absolute atomic E-state index is 0.0575. The van der Waals surface area contributed by atoms with Gasteiger partial charge in [-0.05, 0) is 12.3 Å². The smallest absolute Gasteiger partial charge is 0.272 e. The predicted molar refractivity (Wildman–Crippen MR) is 72.0 cm³/mol. The maximum Gasteiger partial charge on any atom is 0.272 e. The van der Waals surface area contributed by atoms with E-state index in [1.54, 1.807) is 6.26 Å². The second-order valence-electron chi connectivity index (χ2n) is 3.49. The first kappa shape index (κ1) is 14.5. The predicted octanol–water partition coefficient (Wildman–Crippen LogP) is 3.69. The lowest BCUT2D eigenvalue weighted by Crippen LogP contribution is -1.95. The van der Waals surface area contributed by atoms with Crippen molar-refractivity contribution in [1.82, 2.24) is 9.97 Å². The van der Waals surface area contributed by atoms with Crippen molar-refractivity contribution < 1.29 is 14.1 Å². The number of benzene rings is 1. The van der Waals surface area contributed by atoms with Crippen LogP contribution >= 0.6 is 23.4 Å². The summed E-state index contributed by atoms with van der Waals surface area (Å²) in [5.41, 5.74) is -0.361. The summed E-state index contributed by atoms with van der Waals surface area (Å²) in [5, 5.41) is 11.0. The van der Waals surface area contributed by atoms with Gasteiger partial charge in [0.15, 0.2) is 16.7 Å². The number of ether oxygens (including phenoxy) is 1. The van der Waals surface area contributed by atoms with E-state index in [1.165, 1.54) is 17.8 Å². The van der Waals surface area contributed by atoms with Crippen molar-refractivity contribution in [3.05, 3.63) is 45.4 Å². The minimum Gasteiger partial charge on any atom is -0.436 e. The fourth-order valence-corrected chi connectivity index (χ4v) is 1.91. The van der Waals surface area contributed by atoms with E-state index in [9.17, 15) is 14.5 Å². The third kappa shape index (κ3) is 3.34. The van der Waals surface area contributed by atoms with Gasteiger partial charge < -0.3 is 4.74 Å². The van der Waals surface area contributed by atoms with Crippen molar-refractivity contribution in [2.45, 2.75) is 5.16 Å². The number of hydrogen-bond donors (Lipinski definition) is 0. The molecule has 0 radical (unpaired) electrons. The zero-order valence-electron chi connectivity index (χ0n) is 10.0. The number of thioether (sulfide) groups is 1. The number of rotatable bonds is 4. The Kier molecular flexibility index (Phi) is 4.35. The van der Waals surface area contributed by atoms with Gasteiger partial charge in [0.2, 0.25) is 5.88 Å². The summed E-state index contributed by atoms with van der Waals surface area (Å²) < 4.78 is 18.9. The van der Waals surface area contributed by atoms with Crippen LogP contribution in [0.15, 0.2) is 29.4 Å². The SMILES string of the molecule is CSc1nc(Cl)cc(Oc2ccc([N+](=O)[O-])cc2F)n1. The first-order valence-electron chi connectivity index (χ1n) is 5.20. The summed E-state index contributed by atoms with van der Waals surface area (Å²) in [4.78, 5) is 17.7. The molecule has 1 heterocycles. The Balaban J connectivity index is 2.30. The number of hydrogen-bond acceptors (Lipinski definition) is 6. The van der Waals surface area contributed by atoms with Gasteiger partial charge in [0.1, 0.15) is 5.15 Å². The number of aromatic nitrogens is 2. The van der Waals surface area contributed by atoms with Crippen molar-refractivity contribution in [3.8, 4) is 11.6 Å². The van der Waals surface area contributed by atoms with Gasteiger partial charge in [0.25, 0.3) is 5.69 Å². The van der Waals surface area contributed by atoms with Gasteiger partial charge in [-0.25, -0.2) is 9.37 Å². The van der Waals surface area contributed by atoms with Crippen LogP contribution in [0.2, 0.25) is 5.15 Å². The topological polar surface area (TPSA) is 78.2 Å². The van der Waals surface area contributed by atoms with Crippen LogP contribution in [0.1, 0.15) is 0 Å². The van der Waals surface area contributed by atoms with Crippen molar-refractivity contribution in [2.75, 3.05) is 6.26 Å². The molecule has 104 valence electrons. The maximum absolute atomic E-state index is 13.7. The lowest BCUT2D eigenvalue weighted by Gasteiger charge is -2.06. The minimum atomic E-state index is -0.861. The van der Waals surface area contributed by atoms with Crippen LogP contribution in [0, 0.1) is 15.9 Å². The molecular weight excluding hydrogens is 309 g/mol. The number of nitro benzene ring substituents is 1. The van der Waals surface area contributed by atoms with Gasteiger partial charge in [-0.2, -0.15) is 4.98 Å². The van der Waals surface area contributed by atoms with E-state index in [0.717, 1.165) is 18.2 Å². The normalized spacial score (nSPS) is 10.3. The second kappa shape index (κ2) is 6.02. The van der Waals surface area contributed by atoms with Crippen molar-refractivity contribution in [1.29, 1.82) is 0 Å². The Labute approximate surface area is 122 Å². The van der Waals surface area contributed by atoms with E-state index in [4.69, 9.17) is 16.3 Å². The van der Waals surface area contributed by atoms with Gasteiger partial charge in [-0.15, -0.1) is 0 Å². The van der Waals surface area contributed by atoms with Crippen molar-refractivity contribution in [3.63, 3.8) is 0 Å². The van der Waals surface area contributed by atoms with Crippen LogP contribution in [0.5, 0.6) is 11.6 Å². The first-order chi connectivity index (χ1) is 9.49. The van der Waals surface area contributed by atoms with E-state index >= 15 is 0 Å². The first-order valence-corrected chi connectivity index (χ1v) is 6.80. The fourth-order valence-electron chi connectivity index (χ4n) is 1.32. The third-order valence-electron chi connectivity index (χ3n) is 2.17. The van der Waals surface area contributed by atoms with Crippen molar-refractivity contribution in [2.24, 2.45) is 0 Å². The number of halogens is 2. The number of nitrogens with zero attached hydrogens (tertiary/aromatic N) is 3. The fraction of sp³-hybridized carbons (Fsp3) is 0.0909. The molecule has 1 aromatic carbocycles. The molecule has 0 amide bonds. The van der Waals surface area contributed by atoms with Crippen LogP contribution in [-0.2, 0) is 0 Å². The van der Waals surface area contributed by atoms with Crippen LogP contribution in [-0.4, -0.2) is 21.1 Å². The molecule has 0 atom stereocenters. The van der Waals surface area contributed by atoms with E-state index in [-0.39, 0.29) is 22.5 Å². The summed E-state index contributed by atoms with van der Waals surface area (Å²) in [7, 11) is 0. The Hall–Kier alpha value is -1.93. The van der Waals surface area contributed by atoms with Crippen LogP contribution in [0.4, 0.5) is 10.1 Å². The van der Waals surface area contributed by atoms with Crippen LogP contribution in [0.3, 0.4) is 0 Å². The summed E-state index contributed by atoms with van der Waals surface area (Å²) in [6.45, 7) is 0. The molecule has 2 aromatic rings. The van der Waals surface area contributed by atoms with E-state index < -0.39 is 10.7 Å². The Morgan fingerprint density at radius 3 is 2.75 bits per heavy atom. The Bertz CT molecular complexity index is 671. The second-order valence-corrected chi connectivity index (χ2v) is 4.65. The highest BCUT2D eigenvalue weighted by molar-refractivity contribution is 7.98. The molecular formula is C11H7ClFN3O3S. The highest BCUT2D eigenvalue weighted by atomic mass is 35.5. The van der Waals surface area contributed by atoms with Gasteiger partial charge in [0, 0.05) is 12.1 Å². The molecule has 0 bridgehead atoms. The number of nitro groups is 1. The molecule has 0 aliphatic heterocycles. The van der Waals surface area contributed by atoms with Crippen LogP contribution < -0.4 is 4.74 Å². The molecule has 20 heavy (non-hydrogen) atoms. The lowest BCUT2D eigenvalue weighted by molar-refractivity contribution is -0.385. The highest BCUT2D eigenvalue weighted by Gasteiger charge is 2.13. The van der Waals surface area contributed by atoms with Crippen molar-refractivity contribution >= 4 is 29.1 Å². The standard InChI is InChI=1S/C11H7ClFN3O3S/c1-20-11-14-9(12)5-10(15-11)19-8-3-2-6(16(17)18)4-7(8)13/h2-5H,1H3. The molecule has 0 N–H and O–H groups in total. The summed E-state index contributed by atoms with van der Waals surface area (Å²) in [6, 6.07) is 4.38. The molecule has 6 nitrogen and oxygen atoms in total. The average Bonchev–Trinajstić information content (AvgIpc) is 2.40. The molecule has 1 aromatic heterocycles. The monoisotopic (exact) mass is 315 g/mol. The van der Waals surface area contributed by atoms with Gasteiger partial charge in [-0.1, -0.05) is 23.4 Å². The third-order valence-corrected chi connectivity index (χ3v) is 2.92. The molecule has 0 spiro atoms. The highest BCUT2D eigenvalue weighted by Crippen LogP contribution is 2.28. The molecule has 0 aliphatic rings. The van der Waals surface area contributed by atoms with E-state index in [1.807, 2.05) is 0 Å². The van der Waals surface area contributed by atoms with Gasteiger partial charge in [0.05, 0.1) is 11.0 Å². The Morgan fingerprint density at radius 1 is 1.40 bits per heavy atom.